The summed E-state index contributed by atoms with van der Waals surface area (Å²) < 4.78 is 26.6. The number of nitrogens with zero attached hydrogens (tertiary/aromatic N) is 1. The number of rotatable bonds is 0. The van der Waals surface area contributed by atoms with Crippen molar-refractivity contribution in [3.05, 3.63) is 53.4 Å². The summed E-state index contributed by atoms with van der Waals surface area (Å²) in [6.45, 7) is 0. The van der Waals surface area contributed by atoms with Gasteiger partial charge in [0.15, 0.2) is 0 Å². The Morgan fingerprint density at radius 1 is 1.19 bits per heavy atom. The molecule has 0 spiro atoms. The van der Waals surface area contributed by atoms with Gasteiger partial charge in [0.25, 0.3) is 0 Å². The molecule has 0 bridgehead atoms. The fraction of sp³-hybridized carbons (Fsp3) is 0.0833. The molecule has 1 unspecified atom stereocenters. The lowest BCUT2D eigenvalue weighted by atomic mass is 10.1. The van der Waals surface area contributed by atoms with Gasteiger partial charge in [0.2, 0.25) is 0 Å². The number of aliphatic hydroxyl groups is 1. The van der Waals surface area contributed by atoms with Crippen molar-refractivity contribution in [3.63, 3.8) is 0 Å². The number of hydrogen-bond acceptors (Lipinski definition) is 2. The molecular formula is C12H7F2NO. The van der Waals surface area contributed by atoms with Gasteiger partial charge in [-0.1, -0.05) is 6.07 Å². The van der Waals surface area contributed by atoms with Crippen molar-refractivity contribution in [2.45, 2.75) is 6.10 Å². The van der Waals surface area contributed by atoms with Crippen LogP contribution in [0.15, 0.2) is 30.5 Å². The first-order valence-corrected chi connectivity index (χ1v) is 4.81. The van der Waals surface area contributed by atoms with Crippen molar-refractivity contribution >= 4 is 0 Å². The van der Waals surface area contributed by atoms with Crippen molar-refractivity contribution < 1.29 is 13.9 Å². The second-order valence-electron chi connectivity index (χ2n) is 3.69. The summed E-state index contributed by atoms with van der Waals surface area (Å²) in [4.78, 5) is 3.93. The number of fused-ring (bicyclic) bond motifs is 3. The second kappa shape index (κ2) is 3.09. The van der Waals surface area contributed by atoms with Gasteiger partial charge in [0.05, 0.1) is 5.69 Å². The Kier molecular flexibility index (Phi) is 1.82. The summed E-state index contributed by atoms with van der Waals surface area (Å²) in [5, 5.41) is 9.89. The lowest BCUT2D eigenvalue weighted by Crippen LogP contribution is -1.97. The quantitative estimate of drug-likeness (QED) is 0.738. The molecule has 80 valence electrons. The molecule has 2 nitrogen and oxygen atoms in total. The molecule has 0 saturated heterocycles. The Balaban J connectivity index is 2.36. The minimum atomic E-state index is -1.05. The molecule has 2 aromatic rings. The van der Waals surface area contributed by atoms with Gasteiger partial charge < -0.3 is 5.11 Å². The first-order chi connectivity index (χ1) is 7.68. The van der Waals surface area contributed by atoms with Crippen molar-refractivity contribution in [3.8, 4) is 11.1 Å². The van der Waals surface area contributed by atoms with E-state index in [4.69, 9.17) is 0 Å². The van der Waals surface area contributed by atoms with Gasteiger partial charge in [-0.15, -0.1) is 0 Å². The molecular weight excluding hydrogens is 212 g/mol. The first kappa shape index (κ1) is 9.42. The number of hydrogen-bond donors (Lipinski definition) is 1. The van der Waals surface area contributed by atoms with E-state index in [-0.39, 0.29) is 11.3 Å². The van der Waals surface area contributed by atoms with Crippen LogP contribution < -0.4 is 0 Å². The van der Waals surface area contributed by atoms with Gasteiger partial charge in [-0.2, -0.15) is 0 Å². The monoisotopic (exact) mass is 219 g/mol. The highest BCUT2D eigenvalue weighted by atomic mass is 19.1. The summed E-state index contributed by atoms with van der Waals surface area (Å²) in [6.07, 6.45) is 0.246. The maximum absolute atomic E-state index is 13.6. The van der Waals surface area contributed by atoms with E-state index >= 15 is 0 Å². The molecule has 0 radical (unpaired) electrons. The average molecular weight is 219 g/mol. The van der Waals surface area contributed by atoms with Gasteiger partial charge >= 0.3 is 0 Å². The molecule has 1 heterocycles. The van der Waals surface area contributed by atoms with E-state index in [1.54, 1.807) is 0 Å². The van der Waals surface area contributed by atoms with Crippen LogP contribution >= 0.6 is 0 Å². The predicted octanol–water partition coefficient (Wildman–Crippen LogP) is 2.42. The van der Waals surface area contributed by atoms with E-state index < -0.39 is 17.7 Å². The Hall–Kier alpha value is -1.81. The van der Waals surface area contributed by atoms with Crippen LogP contribution in [0.2, 0.25) is 0 Å². The van der Waals surface area contributed by atoms with Crippen LogP contribution in [0.25, 0.3) is 11.1 Å². The highest BCUT2D eigenvalue weighted by Crippen LogP contribution is 2.43. The third kappa shape index (κ3) is 1.10. The van der Waals surface area contributed by atoms with Gasteiger partial charge in [-0.05, 0) is 29.3 Å². The Labute approximate surface area is 90.2 Å². The van der Waals surface area contributed by atoms with Crippen LogP contribution in [0.4, 0.5) is 8.78 Å². The molecule has 4 heteroatoms. The van der Waals surface area contributed by atoms with Crippen molar-refractivity contribution in [1.29, 1.82) is 0 Å². The number of halogens is 2. The Morgan fingerprint density at radius 3 is 2.81 bits per heavy atom. The first-order valence-electron chi connectivity index (χ1n) is 4.81. The average Bonchev–Trinajstić information content (AvgIpc) is 2.55. The molecule has 1 N–H and O–H groups in total. The molecule has 16 heavy (non-hydrogen) atoms. The van der Waals surface area contributed by atoms with Gasteiger partial charge in [-0.25, -0.2) is 8.78 Å². The number of aromatic nitrogens is 1. The topological polar surface area (TPSA) is 33.1 Å². The lowest BCUT2D eigenvalue weighted by Gasteiger charge is -2.03. The fourth-order valence-corrected chi connectivity index (χ4v) is 2.06. The third-order valence-corrected chi connectivity index (χ3v) is 2.77. The number of aliphatic hydroxyl groups excluding tert-OH is 1. The van der Waals surface area contributed by atoms with Crippen molar-refractivity contribution in [2.75, 3.05) is 0 Å². The Bertz CT molecular complexity index is 583. The molecule has 1 atom stereocenters. The maximum atomic E-state index is 13.6. The predicted molar refractivity (Wildman–Crippen MR) is 53.7 cm³/mol. The number of pyridine rings is 1. The standard InChI is InChI=1S/C12H7F2NO/c13-6-1-2-7-8(5-6)12(16)11-10(7)9(14)3-4-15-11/h1-5,12,16H. The third-order valence-electron chi connectivity index (χ3n) is 2.77. The van der Waals surface area contributed by atoms with Crippen LogP contribution in [0.3, 0.4) is 0 Å². The SMILES string of the molecule is OC1c2cc(F)ccc2-c2c(F)ccnc21. The van der Waals surface area contributed by atoms with Gasteiger partial charge in [0.1, 0.15) is 17.7 Å². The lowest BCUT2D eigenvalue weighted by molar-refractivity contribution is 0.220. The minimum Gasteiger partial charge on any atom is -0.382 e. The van der Waals surface area contributed by atoms with Crippen molar-refractivity contribution in [1.82, 2.24) is 4.98 Å². The molecule has 1 aliphatic rings. The summed E-state index contributed by atoms with van der Waals surface area (Å²) in [5.74, 6) is -0.902. The fourth-order valence-electron chi connectivity index (χ4n) is 2.06. The molecule has 1 aromatic heterocycles. The van der Waals surface area contributed by atoms with Crippen LogP contribution in [0, 0.1) is 11.6 Å². The molecule has 0 saturated carbocycles. The molecule has 0 aliphatic heterocycles. The van der Waals surface area contributed by atoms with Gasteiger partial charge in [-0.3, -0.25) is 4.98 Å². The zero-order valence-corrected chi connectivity index (χ0v) is 8.11. The summed E-state index contributed by atoms with van der Waals surface area (Å²) in [6, 6.07) is 5.14. The van der Waals surface area contributed by atoms with E-state index in [9.17, 15) is 13.9 Å². The summed E-state index contributed by atoms with van der Waals surface area (Å²) in [5.41, 5.74) is 1.40. The maximum Gasteiger partial charge on any atom is 0.134 e. The highest BCUT2D eigenvalue weighted by molar-refractivity contribution is 5.77. The second-order valence-corrected chi connectivity index (χ2v) is 3.69. The largest absolute Gasteiger partial charge is 0.382 e. The normalized spacial score (nSPS) is 17.1. The number of benzene rings is 1. The van der Waals surface area contributed by atoms with E-state index in [0.29, 0.717) is 11.1 Å². The van der Waals surface area contributed by atoms with E-state index in [0.717, 1.165) is 0 Å². The van der Waals surface area contributed by atoms with Crippen molar-refractivity contribution in [2.24, 2.45) is 0 Å². The van der Waals surface area contributed by atoms with E-state index in [2.05, 4.69) is 4.98 Å². The molecule has 0 amide bonds. The van der Waals surface area contributed by atoms with Crippen LogP contribution in [-0.4, -0.2) is 10.1 Å². The van der Waals surface area contributed by atoms with E-state index in [1.165, 1.54) is 30.5 Å². The van der Waals surface area contributed by atoms with Gasteiger partial charge in [0, 0.05) is 11.8 Å². The molecule has 3 rings (SSSR count). The minimum absolute atomic E-state index is 0.251. The van der Waals surface area contributed by atoms with E-state index in [1.807, 2.05) is 0 Å². The smallest absolute Gasteiger partial charge is 0.134 e. The molecule has 1 aliphatic carbocycles. The zero-order valence-electron chi connectivity index (χ0n) is 8.11. The molecule has 0 fully saturated rings. The van der Waals surface area contributed by atoms with Crippen LogP contribution in [0.5, 0.6) is 0 Å². The molecule has 1 aromatic carbocycles. The van der Waals surface area contributed by atoms with Crippen LogP contribution in [-0.2, 0) is 0 Å². The summed E-state index contributed by atoms with van der Waals surface area (Å²) in [7, 11) is 0. The zero-order chi connectivity index (χ0) is 11.3. The summed E-state index contributed by atoms with van der Waals surface area (Å²) >= 11 is 0. The highest BCUT2D eigenvalue weighted by Gasteiger charge is 2.30. The Morgan fingerprint density at radius 2 is 2.00 bits per heavy atom. The van der Waals surface area contributed by atoms with Crippen LogP contribution in [0.1, 0.15) is 17.4 Å².